The summed E-state index contributed by atoms with van der Waals surface area (Å²) in [5, 5.41) is 0. The van der Waals surface area contributed by atoms with E-state index in [9.17, 15) is 0 Å². The normalized spacial score (nSPS) is 9.31. The van der Waals surface area contributed by atoms with Crippen molar-refractivity contribution in [3.8, 4) is 12.3 Å². The first-order chi connectivity index (χ1) is 6.35. The van der Waals surface area contributed by atoms with Gasteiger partial charge in [-0.3, -0.25) is 4.99 Å². The number of aliphatic imine (C=N–C) groups is 1. The van der Waals surface area contributed by atoms with E-state index < -0.39 is 0 Å². The van der Waals surface area contributed by atoms with Crippen molar-refractivity contribution in [3.63, 3.8) is 0 Å². The van der Waals surface area contributed by atoms with Gasteiger partial charge in [0, 0.05) is 18.7 Å². The molecule has 0 amide bonds. The molecule has 74 valence electrons. The summed E-state index contributed by atoms with van der Waals surface area (Å²) in [5.74, 6) is 2.65. The maximum absolute atomic E-state index is 5.16. The van der Waals surface area contributed by atoms with Crippen molar-refractivity contribution in [1.82, 2.24) is 0 Å². The monoisotopic (exact) mass is 179 g/mol. The van der Waals surface area contributed by atoms with Gasteiger partial charge in [-0.25, -0.2) is 0 Å². The molecule has 0 unspecified atom stereocenters. The third kappa shape index (κ3) is 7.59. The summed E-state index contributed by atoms with van der Waals surface area (Å²) in [4.78, 5) is 4.52. The minimum absolute atomic E-state index is 0.915. The van der Waals surface area contributed by atoms with Crippen LogP contribution >= 0.6 is 0 Å². The number of hydrogen-bond acceptors (Lipinski definition) is 1. The molecule has 0 aromatic carbocycles. The third-order valence-electron chi connectivity index (χ3n) is 2.13. The molecule has 0 aliphatic heterocycles. The van der Waals surface area contributed by atoms with Crippen molar-refractivity contribution < 1.29 is 0 Å². The fraction of sp³-hybridized carbons (Fsp3) is 0.750. The molecule has 0 bridgehead atoms. The molecule has 0 aliphatic carbocycles. The highest BCUT2D eigenvalue weighted by Gasteiger charge is 1.91. The van der Waals surface area contributed by atoms with E-state index in [-0.39, 0.29) is 0 Å². The predicted molar refractivity (Wildman–Crippen MR) is 60.2 cm³/mol. The van der Waals surface area contributed by atoms with Gasteiger partial charge in [-0.2, -0.15) is 0 Å². The number of hydrogen-bond donors (Lipinski definition) is 0. The minimum atomic E-state index is 0.915. The Morgan fingerprint density at radius 3 is 2.38 bits per heavy atom. The molecule has 0 radical (unpaired) electrons. The molecule has 0 heterocycles. The van der Waals surface area contributed by atoms with Crippen LogP contribution < -0.4 is 0 Å². The van der Waals surface area contributed by atoms with E-state index in [0.717, 1.165) is 32.2 Å². The van der Waals surface area contributed by atoms with Gasteiger partial charge in [-0.15, -0.1) is 12.3 Å². The molecular formula is C12H21N. The molecule has 0 fully saturated rings. The SMILES string of the molecule is C#CCCCCCN=C(CC)CC. The Bertz CT molecular complexity index is 168. The predicted octanol–water partition coefficient (Wildman–Crippen LogP) is 3.44. The molecule has 13 heavy (non-hydrogen) atoms. The van der Waals surface area contributed by atoms with Crippen LogP contribution in [0.5, 0.6) is 0 Å². The van der Waals surface area contributed by atoms with Crippen molar-refractivity contribution in [2.45, 2.75) is 52.4 Å². The molecule has 0 spiro atoms. The number of nitrogens with zero attached hydrogens (tertiary/aromatic N) is 1. The Hall–Kier alpha value is -0.770. The molecule has 0 aromatic rings. The molecule has 0 aliphatic rings. The van der Waals surface area contributed by atoms with E-state index in [4.69, 9.17) is 6.42 Å². The second-order valence-electron chi connectivity index (χ2n) is 3.17. The van der Waals surface area contributed by atoms with Crippen LogP contribution in [0.2, 0.25) is 0 Å². The van der Waals surface area contributed by atoms with Crippen LogP contribution in [0, 0.1) is 12.3 Å². The smallest absolute Gasteiger partial charge is 0.0388 e. The van der Waals surface area contributed by atoms with Crippen molar-refractivity contribution >= 4 is 5.71 Å². The zero-order valence-corrected chi connectivity index (χ0v) is 8.97. The minimum Gasteiger partial charge on any atom is -0.294 e. The molecule has 0 aromatic heterocycles. The Morgan fingerprint density at radius 1 is 1.15 bits per heavy atom. The van der Waals surface area contributed by atoms with Gasteiger partial charge in [0.15, 0.2) is 0 Å². The Morgan fingerprint density at radius 2 is 1.85 bits per heavy atom. The van der Waals surface area contributed by atoms with E-state index in [1.54, 1.807) is 0 Å². The van der Waals surface area contributed by atoms with Gasteiger partial charge in [0.2, 0.25) is 0 Å². The fourth-order valence-corrected chi connectivity index (χ4v) is 1.23. The summed E-state index contributed by atoms with van der Waals surface area (Å²) >= 11 is 0. The van der Waals surface area contributed by atoms with Crippen molar-refractivity contribution in [2.24, 2.45) is 4.99 Å². The van der Waals surface area contributed by atoms with Gasteiger partial charge in [0.25, 0.3) is 0 Å². The average molecular weight is 179 g/mol. The molecular weight excluding hydrogens is 158 g/mol. The van der Waals surface area contributed by atoms with Crippen LogP contribution in [0.3, 0.4) is 0 Å². The fourth-order valence-electron chi connectivity index (χ4n) is 1.23. The molecule has 0 saturated heterocycles. The van der Waals surface area contributed by atoms with Gasteiger partial charge in [-0.1, -0.05) is 20.3 Å². The molecule has 0 N–H and O–H groups in total. The summed E-state index contributed by atoms with van der Waals surface area (Å²) in [6, 6.07) is 0. The quantitative estimate of drug-likeness (QED) is 0.322. The van der Waals surface area contributed by atoms with Crippen molar-refractivity contribution in [2.75, 3.05) is 6.54 Å². The Kier molecular flexibility index (Phi) is 8.77. The highest BCUT2D eigenvalue weighted by molar-refractivity contribution is 5.83. The van der Waals surface area contributed by atoms with Crippen LogP contribution in [0.4, 0.5) is 0 Å². The highest BCUT2D eigenvalue weighted by atomic mass is 14.7. The van der Waals surface area contributed by atoms with Gasteiger partial charge >= 0.3 is 0 Å². The van der Waals surface area contributed by atoms with E-state index in [1.165, 1.54) is 18.6 Å². The van der Waals surface area contributed by atoms with E-state index >= 15 is 0 Å². The van der Waals surface area contributed by atoms with E-state index in [2.05, 4.69) is 24.8 Å². The van der Waals surface area contributed by atoms with E-state index in [1.807, 2.05) is 0 Å². The lowest BCUT2D eigenvalue weighted by Gasteiger charge is -1.99. The van der Waals surface area contributed by atoms with Crippen LogP contribution in [0.1, 0.15) is 52.4 Å². The lowest BCUT2D eigenvalue weighted by Crippen LogP contribution is -1.95. The molecule has 0 saturated carbocycles. The molecule has 1 nitrogen and oxygen atoms in total. The number of rotatable bonds is 7. The highest BCUT2D eigenvalue weighted by Crippen LogP contribution is 2.00. The molecule has 1 heteroatoms. The van der Waals surface area contributed by atoms with Crippen LogP contribution in [-0.2, 0) is 0 Å². The summed E-state index contributed by atoms with van der Waals surface area (Å²) in [5.41, 5.74) is 1.34. The van der Waals surface area contributed by atoms with Crippen molar-refractivity contribution in [1.29, 1.82) is 0 Å². The third-order valence-corrected chi connectivity index (χ3v) is 2.13. The molecule has 0 atom stereocenters. The second-order valence-corrected chi connectivity index (χ2v) is 3.17. The van der Waals surface area contributed by atoms with Gasteiger partial charge < -0.3 is 0 Å². The Balaban J connectivity index is 3.33. The van der Waals surface area contributed by atoms with Gasteiger partial charge in [0.1, 0.15) is 0 Å². The maximum Gasteiger partial charge on any atom is 0.0388 e. The van der Waals surface area contributed by atoms with Gasteiger partial charge in [0.05, 0.1) is 0 Å². The first kappa shape index (κ1) is 12.2. The number of unbranched alkanes of at least 4 members (excludes halogenated alkanes) is 3. The first-order valence-electron chi connectivity index (χ1n) is 5.30. The summed E-state index contributed by atoms with van der Waals surface area (Å²) in [7, 11) is 0. The van der Waals surface area contributed by atoms with E-state index in [0.29, 0.717) is 0 Å². The standard InChI is InChI=1S/C12H21N/c1-4-7-8-9-10-11-13-12(5-2)6-3/h1H,5-11H2,2-3H3. The lowest BCUT2D eigenvalue weighted by molar-refractivity contribution is 0.701. The average Bonchev–Trinajstić information content (AvgIpc) is 2.17. The largest absolute Gasteiger partial charge is 0.294 e. The van der Waals surface area contributed by atoms with Crippen LogP contribution in [0.15, 0.2) is 4.99 Å². The summed E-state index contributed by atoms with van der Waals surface area (Å²) < 4.78 is 0. The summed E-state index contributed by atoms with van der Waals surface area (Å²) in [6.07, 6.45) is 11.8. The van der Waals surface area contributed by atoms with Crippen molar-refractivity contribution in [3.05, 3.63) is 0 Å². The lowest BCUT2D eigenvalue weighted by atomic mass is 10.2. The van der Waals surface area contributed by atoms with Gasteiger partial charge in [-0.05, 0) is 25.7 Å². The second kappa shape index (κ2) is 9.32. The zero-order chi connectivity index (χ0) is 9.94. The topological polar surface area (TPSA) is 12.4 Å². The van der Waals surface area contributed by atoms with Crippen LogP contribution in [-0.4, -0.2) is 12.3 Å². The summed E-state index contributed by atoms with van der Waals surface area (Å²) in [6.45, 7) is 5.32. The van der Waals surface area contributed by atoms with Crippen LogP contribution in [0.25, 0.3) is 0 Å². The first-order valence-corrected chi connectivity index (χ1v) is 5.30. The zero-order valence-electron chi connectivity index (χ0n) is 8.97. The maximum atomic E-state index is 5.16. The Labute approximate surface area is 82.6 Å². The number of terminal acetylenes is 1. The molecule has 0 rings (SSSR count).